The van der Waals surface area contributed by atoms with Crippen LogP contribution in [0.2, 0.25) is 0 Å². The molecular weight excluding hydrogens is 426 g/mol. The van der Waals surface area contributed by atoms with Gasteiger partial charge >= 0.3 is 0 Å². The first-order valence-corrected chi connectivity index (χ1v) is 11.0. The molecule has 5 heteroatoms. The van der Waals surface area contributed by atoms with E-state index < -0.39 is 0 Å². The third-order valence-electron chi connectivity index (χ3n) is 6.33. The Morgan fingerprint density at radius 2 is 1.06 bits per heavy atom. The normalized spacial score (nSPS) is 11.1. The van der Waals surface area contributed by atoms with Gasteiger partial charge in [-0.1, -0.05) is 72.8 Å². The molecule has 0 unspecified atom stereocenters. The second-order valence-corrected chi connectivity index (χ2v) is 8.09. The number of methoxy groups -OCH3 is 2. The minimum Gasteiger partial charge on any atom is -0.496 e. The summed E-state index contributed by atoms with van der Waals surface area (Å²) >= 11 is 0. The summed E-state index contributed by atoms with van der Waals surface area (Å²) in [5.74, 6) is 1.45. The van der Waals surface area contributed by atoms with Gasteiger partial charge in [-0.25, -0.2) is 0 Å². The number of nitro groups is 1. The summed E-state index contributed by atoms with van der Waals surface area (Å²) in [5, 5.41) is 15.5. The molecule has 0 spiro atoms. The first kappa shape index (κ1) is 21.5. The van der Waals surface area contributed by atoms with Crippen molar-refractivity contribution in [2.24, 2.45) is 0 Å². The van der Waals surface area contributed by atoms with E-state index in [1.165, 1.54) is 0 Å². The molecule has 0 radical (unpaired) electrons. The maximum absolute atomic E-state index is 11.3. The highest BCUT2D eigenvalue weighted by molar-refractivity contribution is 5.95. The van der Waals surface area contributed by atoms with Crippen molar-refractivity contribution in [3.63, 3.8) is 0 Å². The van der Waals surface area contributed by atoms with Crippen molar-refractivity contribution in [3.05, 3.63) is 124 Å². The van der Waals surface area contributed by atoms with Crippen LogP contribution >= 0.6 is 0 Å². The molecule has 34 heavy (non-hydrogen) atoms. The number of nitrogens with zero attached hydrogens (tertiary/aromatic N) is 1. The molecule has 0 aromatic heterocycles. The van der Waals surface area contributed by atoms with Crippen LogP contribution < -0.4 is 9.47 Å². The lowest BCUT2D eigenvalue weighted by molar-refractivity contribution is -0.384. The van der Waals surface area contributed by atoms with Crippen LogP contribution in [0.5, 0.6) is 11.5 Å². The molecule has 0 saturated carbocycles. The molecule has 5 aromatic rings. The number of ether oxygens (including phenoxy) is 2. The molecule has 0 bridgehead atoms. The number of rotatable bonds is 6. The predicted octanol–water partition coefficient (Wildman–Crippen LogP) is 7.10. The predicted molar refractivity (Wildman–Crippen MR) is 135 cm³/mol. The van der Waals surface area contributed by atoms with Crippen molar-refractivity contribution >= 4 is 27.2 Å². The van der Waals surface area contributed by atoms with E-state index in [0.717, 1.165) is 49.7 Å². The Balaban J connectivity index is 1.83. The molecule has 0 heterocycles. The zero-order valence-corrected chi connectivity index (χ0v) is 18.9. The Bertz CT molecular complexity index is 1420. The topological polar surface area (TPSA) is 61.6 Å². The van der Waals surface area contributed by atoms with Gasteiger partial charge in [-0.2, -0.15) is 0 Å². The van der Waals surface area contributed by atoms with Crippen LogP contribution in [0.15, 0.2) is 97.1 Å². The van der Waals surface area contributed by atoms with Crippen LogP contribution in [0, 0.1) is 10.1 Å². The molecule has 168 valence electrons. The molecule has 0 fully saturated rings. The standard InChI is InChI=1S/C29H23NO4/c1-33-27-17-15-25(21-7-3-5-9-23(21)27)29(19-11-13-20(14-12-19)30(31)32)26-16-18-28(34-2)24-10-6-4-8-22(24)26/h3-18,29H,1-2H3. The zero-order chi connectivity index (χ0) is 23.7. The van der Waals surface area contributed by atoms with Gasteiger partial charge in [0.2, 0.25) is 0 Å². The molecule has 5 aromatic carbocycles. The second kappa shape index (κ2) is 8.87. The van der Waals surface area contributed by atoms with Crippen LogP contribution in [0.1, 0.15) is 22.6 Å². The monoisotopic (exact) mass is 449 g/mol. The molecule has 5 rings (SSSR count). The van der Waals surface area contributed by atoms with Crippen molar-refractivity contribution < 1.29 is 14.4 Å². The third kappa shape index (κ3) is 3.61. The van der Waals surface area contributed by atoms with E-state index >= 15 is 0 Å². The van der Waals surface area contributed by atoms with Gasteiger partial charge in [0.25, 0.3) is 5.69 Å². The fourth-order valence-electron chi connectivity index (χ4n) is 4.76. The van der Waals surface area contributed by atoms with Gasteiger partial charge in [0.1, 0.15) is 11.5 Å². The summed E-state index contributed by atoms with van der Waals surface area (Å²) in [5.41, 5.74) is 3.24. The van der Waals surface area contributed by atoms with E-state index in [2.05, 4.69) is 36.4 Å². The molecule has 0 saturated heterocycles. The summed E-state index contributed by atoms with van der Waals surface area (Å²) in [6.07, 6.45) is 0. The average Bonchev–Trinajstić information content (AvgIpc) is 2.89. The molecule has 0 N–H and O–H groups in total. The fraction of sp³-hybridized carbons (Fsp3) is 0.103. The molecule has 0 aliphatic rings. The Kier molecular flexibility index (Phi) is 5.60. The Hall–Kier alpha value is -4.38. The Morgan fingerprint density at radius 3 is 1.47 bits per heavy atom. The van der Waals surface area contributed by atoms with Crippen molar-refractivity contribution in [2.45, 2.75) is 5.92 Å². The summed E-state index contributed by atoms with van der Waals surface area (Å²) < 4.78 is 11.2. The van der Waals surface area contributed by atoms with E-state index in [-0.39, 0.29) is 16.5 Å². The SMILES string of the molecule is COc1ccc(C(c2ccc([N+](=O)[O-])cc2)c2ccc(OC)c3ccccc23)c2ccccc12. The number of hydrogen-bond donors (Lipinski definition) is 0. The highest BCUT2D eigenvalue weighted by Gasteiger charge is 2.23. The maximum Gasteiger partial charge on any atom is 0.269 e. The molecular formula is C29H23NO4. The number of hydrogen-bond acceptors (Lipinski definition) is 4. The lowest BCUT2D eigenvalue weighted by Gasteiger charge is -2.23. The van der Waals surface area contributed by atoms with Crippen LogP contribution in [0.25, 0.3) is 21.5 Å². The minimum atomic E-state index is -0.371. The largest absolute Gasteiger partial charge is 0.496 e. The summed E-state index contributed by atoms with van der Waals surface area (Å²) in [6, 6.07) is 31.3. The van der Waals surface area contributed by atoms with E-state index in [9.17, 15) is 10.1 Å². The highest BCUT2D eigenvalue weighted by Crippen LogP contribution is 2.43. The number of fused-ring (bicyclic) bond motifs is 2. The van der Waals surface area contributed by atoms with Gasteiger partial charge in [-0.05, 0) is 39.6 Å². The average molecular weight is 450 g/mol. The number of non-ortho nitro benzene ring substituents is 1. The minimum absolute atomic E-state index is 0.0710. The molecule has 0 atom stereocenters. The lowest BCUT2D eigenvalue weighted by Crippen LogP contribution is -2.06. The summed E-state index contributed by atoms with van der Waals surface area (Å²) in [4.78, 5) is 10.9. The Labute approximate surface area is 197 Å². The van der Waals surface area contributed by atoms with E-state index in [0.29, 0.717) is 0 Å². The molecule has 5 nitrogen and oxygen atoms in total. The van der Waals surface area contributed by atoms with Crippen LogP contribution in [0.3, 0.4) is 0 Å². The summed E-state index contributed by atoms with van der Waals surface area (Å²) in [7, 11) is 3.35. The second-order valence-electron chi connectivity index (χ2n) is 8.09. The molecule has 0 amide bonds. The van der Waals surface area contributed by atoms with Gasteiger partial charge < -0.3 is 9.47 Å². The number of benzene rings is 5. The van der Waals surface area contributed by atoms with E-state index in [4.69, 9.17) is 9.47 Å². The molecule has 0 aliphatic heterocycles. The first-order valence-electron chi connectivity index (χ1n) is 11.0. The summed E-state index contributed by atoms with van der Waals surface area (Å²) in [6.45, 7) is 0. The Morgan fingerprint density at radius 1 is 0.618 bits per heavy atom. The van der Waals surface area contributed by atoms with Gasteiger partial charge in [0.05, 0.1) is 19.1 Å². The van der Waals surface area contributed by atoms with E-state index in [1.54, 1.807) is 26.4 Å². The molecule has 0 aliphatic carbocycles. The highest BCUT2D eigenvalue weighted by atomic mass is 16.6. The van der Waals surface area contributed by atoms with Crippen LogP contribution in [0.4, 0.5) is 5.69 Å². The third-order valence-corrected chi connectivity index (χ3v) is 6.33. The smallest absolute Gasteiger partial charge is 0.269 e. The van der Waals surface area contributed by atoms with Crippen molar-refractivity contribution in [1.82, 2.24) is 0 Å². The van der Waals surface area contributed by atoms with Gasteiger partial charge in [-0.15, -0.1) is 0 Å². The fourth-order valence-corrected chi connectivity index (χ4v) is 4.76. The van der Waals surface area contributed by atoms with Crippen molar-refractivity contribution in [1.29, 1.82) is 0 Å². The van der Waals surface area contributed by atoms with Crippen LogP contribution in [-0.4, -0.2) is 19.1 Å². The lowest BCUT2D eigenvalue weighted by atomic mass is 9.80. The maximum atomic E-state index is 11.3. The van der Waals surface area contributed by atoms with Gasteiger partial charge in [-0.3, -0.25) is 10.1 Å². The quantitative estimate of drug-likeness (QED) is 0.158. The van der Waals surface area contributed by atoms with Crippen LogP contribution in [-0.2, 0) is 0 Å². The first-order chi connectivity index (χ1) is 16.6. The van der Waals surface area contributed by atoms with Crippen molar-refractivity contribution in [3.8, 4) is 11.5 Å². The number of nitro benzene ring substituents is 1. The van der Waals surface area contributed by atoms with Gasteiger partial charge in [0, 0.05) is 28.8 Å². The van der Waals surface area contributed by atoms with Gasteiger partial charge in [0.15, 0.2) is 0 Å². The van der Waals surface area contributed by atoms with Crippen molar-refractivity contribution in [2.75, 3.05) is 14.2 Å². The van der Waals surface area contributed by atoms with E-state index in [1.807, 2.05) is 48.5 Å². The zero-order valence-electron chi connectivity index (χ0n) is 18.9.